The standard InChI is InChI=1S/C40H48N10O4/c1-26(24-49-31-33(45(2)39(53)43-35(31)51)41-37(49)47-18-14-29(15-19-47)22-27-10-6-4-7-11-27)25-50-32-34(46(3)40(54)44-36(32)52)42-38(50)48-20-16-30(17-21-48)23-28-12-8-5-9-13-28/h4-13,26,29-30H,14-25H2,1-3H3,(H,43,51,53)(H,44,52,54). The molecule has 282 valence electrons. The van der Waals surface area contributed by atoms with Crippen LogP contribution in [0.1, 0.15) is 43.7 Å². The number of nitrogens with one attached hydrogen (secondary N) is 2. The van der Waals surface area contributed by atoms with E-state index in [1.165, 1.54) is 20.3 Å². The molecule has 0 radical (unpaired) electrons. The molecule has 0 saturated carbocycles. The van der Waals surface area contributed by atoms with E-state index < -0.39 is 22.5 Å². The van der Waals surface area contributed by atoms with E-state index in [4.69, 9.17) is 9.97 Å². The summed E-state index contributed by atoms with van der Waals surface area (Å²) in [6.45, 7) is 6.00. The molecule has 4 aromatic heterocycles. The number of imidazole rings is 2. The van der Waals surface area contributed by atoms with Gasteiger partial charge >= 0.3 is 11.4 Å². The van der Waals surface area contributed by atoms with Gasteiger partial charge in [-0.1, -0.05) is 67.6 Å². The van der Waals surface area contributed by atoms with Gasteiger partial charge in [-0.15, -0.1) is 0 Å². The average molecular weight is 733 g/mol. The molecule has 0 spiro atoms. The topological polar surface area (TPSA) is 152 Å². The van der Waals surface area contributed by atoms with Crippen molar-refractivity contribution in [3.05, 3.63) is 113 Å². The molecule has 0 bridgehead atoms. The molecule has 2 aromatic carbocycles. The fourth-order valence-corrected chi connectivity index (χ4v) is 8.52. The second-order valence-electron chi connectivity index (χ2n) is 15.4. The van der Waals surface area contributed by atoms with Crippen LogP contribution in [-0.4, -0.2) is 64.4 Å². The molecule has 2 saturated heterocycles. The minimum atomic E-state index is -0.509. The lowest BCUT2D eigenvalue weighted by Gasteiger charge is -2.34. The maximum atomic E-state index is 13.5. The quantitative estimate of drug-likeness (QED) is 0.218. The number of H-pyrrole nitrogens is 2. The van der Waals surface area contributed by atoms with Crippen LogP contribution < -0.4 is 32.3 Å². The number of hydrogen-bond donors (Lipinski definition) is 2. The number of aromatic nitrogens is 8. The summed E-state index contributed by atoms with van der Waals surface area (Å²) in [6.07, 6.45) is 5.97. The van der Waals surface area contributed by atoms with Crippen molar-refractivity contribution < 1.29 is 0 Å². The Kier molecular flexibility index (Phi) is 9.59. The fourth-order valence-electron chi connectivity index (χ4n) is 8.52. The highest BCUT2D eigenvalue weighted by Crippen LogP contribution is 2.31. The fraction of sp³-hybridized carbons (Fsp3) is 0.450. The second-order valence-corrected chi connectivity index (χ2v) is 15.4. The Labute approximate surface area is 311 Å². The van der Waals surface area contributed by atoms with Crippen LogP contribution in [0.2, 0.25) is 0 Å². The molecule has 8 rings (SSSR count). The minimum Gasteiger partial charge on any atom is -0.342 e. The zero-order chi connectivity index (χ0) is 37.5. The second kappa shape index (κ2) is 14.6. The highest BCUT2D eigenvalue weighted by atomic mass is 16.2. The van der Waals surface area contributed by atoms with E-state index in [2.05, 4.69) is 75.2 Å². The molecule has 54 heavy (non-hydrogen) atoms. The van der Waals surface area contributed by atoms with Crippen LogP contribution in [0, 0.1) is 17.8 Å². The van der Waals surface area contributed by atoms with Crippen LogP contribution in [-0.2, 0) is 40.0 Å². The molecule has 6 aromatic rings. The number of fused-ring (bicyclic) bond motifs is 2. The van der Waals surface area contributed by atoms with Crippen molar-refractivity contribution >= 4 is 34.2 Å². The number of piperidine rings is 2. The van der Waals surface area contributed by atoms with Crippen molar-refractivity contribution in [1.29, 1.82) is 0 Å². The number of aromatic amines is 2. The normalized spacial score (nSPS) is 16.0. The zero-order valence-corrected chi connectivity index (χ0v) is 31.2. The van der Waals surface area contributed by atoms with E-state index in [9.17, 15) is 19.2 Å². The van der Waals surface area contributed by atoms with Gasteiger partial charge in [0.1, 0.15) is 0 Å². The van der Waals surface area contributed by atoms with Crippen molar-refractivity contribution in [3.8, 4) is 0 Å². The van der Waals surface area contributed by atoms with Gasteiger partial charge in [-0.05, 0) is 67.4 Å². The first-order valence-corrected chi connectivity index (χ1v) is 19.1. The molecular formula is C40H48N10O4. The van der Waals surface area contributed by atoms with Gasteiger partial charge in [0.15, 0.2) is 22.3 Å². The third-order valence-electron chi connectivity index (χ3n) is 11.5. The average Bonchev–Trinajstić information content (AvgIpc) is 3.74. The summed E-state index contributed by atoms with van der Waals surface area (Å²) < 4.78 is 6.69. The lowest BCUT2D eigenvalue weighted by molar-refractivity contribution is 0.383. The van der Waals surface area contributed by atoms with E-state index in [0.29, 0.717) is 59.1 Å². The molecular weight excluding hydrogens is 685 g/mol. The third-order valence-corrected chi connectivity index (χ3v) is 11.5. The molecule has 0 aliphatic carbocycles. The van der Waals surface area contributed by atoms with Crippen LogP contribution in [0.3, 0.4) is 0 Å². The Bertz CT molecular complexity index is 2340. The number of hydrogen-bond acceptors (Lipinski definition) is 8. The molecule has 2 aliphatic rings. The molecule has 0 unspecified atom stereocenters. The van der Waals surface area contributed by atoms with Crippen LogP contribution in [0.25, 0.3) is 22.3 Å². The van der Waals surface area contributed by atoms with Gasteiger partial charge < -0.3 is 18.9 Å². The molecule has 14 heteroatoms. The molecule has 2 fully saturated rings. The molecule has 6 heterocycles. The highest BCUT2D eigenvalue weighted by molar-refractivity contribution is 5.75. The van der Waals surface area contributed by atoms with Crippen molar-refractivity contribution in [3.63, 3.8) is 0 Å². The maximum absolute atomic E-state index is 13.5. The SMILES string of the molecule is CC(Cn1c(N2CCC(Cc3ccccc3)CC2)nc2c1c(=O)[nH]c(=O)n2C)Cn1c(N2CCC(Cc3ccccc3)CC2)nc2c1c(=O)[nH]c(=O)n2C. The Morgan fingerprint density at radius 1 is 0.611 bits per heavy atom. The zero-order valence-electron chi connectivity index (χ0n) is 31.2. The van der Waals surface area contributed by atoms with Crippen molar-refractivity contribution in [2.24, 2.45) is 31.8 Å². The van der Waals surface area contributed by atoms with Crippen LogP contribution in [0.15, 0.2) is 79.8 Å². The minimum absolute atomic E-state index is 0.114. The van der Waals surface area contributed by atoms with E-state index in [1.54, 1.807) is 14.1 Å². The summed E-state index contributed by atoms with van der Waals surface area (Å²) in [6, 6.07) is 21.1. The number of anilines is 2. The van der Waals surface area contributed by atoms with Gasteiger partial charge in [-0.2, -0.15) is 9.97 Å². The maximum Gasteiger partial charge on any atom is 0.329 e. The number of aryl methyl sites for hydroxylation is 2. The summed E-state index contributed by atoms with van der Waals surface area (Å²) in [4.78, 5) is 71.6. The molecule has 0 amide bonds. The number of benzene rings is 2. The summed E-state index contributed by atoms with van der Waals surface area (Å²) in [5.74, 6) is 2.30. The molecule has 2 aliphatic heterocycles. The van der Waals surface area contributed by atoms with Gasteiger partial charge in [-0.25, -0.2) is 9.59 Å². The molecule has 0 atom stereocenters. The van der Waals surface area contributed by atoms with Crippen molar-refractivity contribution in [2.75, 3.05) is 36.0 Å². The Morgan fingerprint density at radius 2 is 0.981 bits per heavy atom. The van der Waals surface area contributed by atoms with Gasteiger partial charge in [0.2, 0.25) is 11.9 Å². The Morgan fingerprint density at radius 3 is 1.35 bits per heavy atom. The number of rotatable bonds is 10. The first-order valence-electron chi connectivity index (χ1n) is 19.1. The lowest BCUT2D eigenvalue weighted by atomic mass is 9.90. The summed E-state index contributed by atoms with van der Waals surface area (Å²) in [7, 11) is 3.25. The summed E-state index contributed by atoms with van der Waals surface area (Å²) >= 11 is 0. The smallest absolute Gasteiger partial charge is 0.329 e. The molecule has 14 nitrogen and oxygen atoms in total. The van der Waals surface area contributed by atoms with Crippen molar-refractivity contribution in [2.45, 2.75) is 58.5 Å². The van der Waals surface area contributed by atoms with Gasteiger partial charge in [0.05, 0.1) is 0 Å². The number of nitrogens with zero attached hydrogens (tertiary/aromatic N) is 8. The Hall–Kier alpha value is -5.66. The van der Waals surface area contributed by atoms with Crippen LogP contribution in [0.4, 0.5) is 11.9 Å². The van der Waals surface area contributed by atoms with Crippen molar-refractivity contribution in [1.82, 2.24) is 38.2 Å². The first-order chi connectivity index (χ1) is 26.1. The van der Waals surface area contributed by atoms with Gasteiger partial charge in [0, 0.05) is 53.4 Å². The van der Waals surface area contributed by atoms with E-state index in [0.717, 1.165) is 64.7 Å². The van der Waals surface area contributed by atoms with Gasteiger partial charge in [-0.3, -0.25) is 28.7 Å². The van der Waals surface area contributed by atoms with Crippen LogP contribution >= 0.6 is 0 Å². The van der Waals surface area contributed by atoms with E-state index in [1.807, 2.05) is 21.3 Å². The third kappa shape index (κ3) is 6.80. The predicted octanol–water partition coefficient (Wildman–Crippen LogP) is 3.41. The van der Waals surface area contributed by atoms with E-state index >= 15 is 0 Å². The largest absolute Gasteiger partial charge is 0.342 e. The summed E-state index contributed by atoms with van der Waals surface area (Å²) in [5, 5.41) is 0. The lowest BCUT2D eigenvalue weighted by Crippen LogP contribution is -2.37. The van der Waals surface area contributed by atoms with Gasteiger partial charge in [0.25, 0.3) is 11.1 Å². The Balaban J connectivity index is 1.09. The predicted molar refractivity (Wildman–Crippen MR) is 211 cm³/mol. The monoisotopic (exact) mass is 732 g/mol. The highest BCUT2D eigenvalue weighted by Gasteiger charge is 2.29. The first kappa shape index (κ1) is 35.4. The van der Waals surface area contributed by atoms with E-state index in [-0.39, 0.29) is 5.92 Å². The summed E-state index contributed by atoms with van der Waals surface area (Å²) in [5.41, 5.74) is 2.08. The molecule has 2 N–H and O–H groups in total. The van der Waals surface area contributed by atoms with Crippen LogP contribution in [0.5, 0.6) is 0 Å².